The fraction of sp³-hybridized carbons (Fsp3) is 0.231. The van der Waals surface area contributed by atoms with Crippen molar-refractivity contribution in [2.45, 2.75) is 36.5 Å². The summed E-state index contributed by atoms with van der Waals surface area (Å²) in [4.78, 5) is 12.7. The number of carbonyl (C=O) groups excluding carboxylic acids is 1. The summed E-state index contributed by atoms with van der Waals surface area (Å²) in [6.45, 7) is 3.40. The first-order valence-corrected chi connectivity index (χ1v) is 14.9. The third-order valence-corrected chi connectivity index (χ3v) is 9.76. The molecule has 36 heavy (non-hydrogen) atoms. The molecule has 2 aromatic carbocycles. The molecule has 10 heteroatoms. The molecule has 0 saturated carbocycles. The van der Waals surface area contributed by atoms with E-state index in [2.05, 4.69) is 10.5 Å². The van der Waals surface area contributed by atoms with Crippen LogP contribution in [0.4, 0.5) is 0 Å². The predicted octanol–water partition coefficient (Wildman–Crippen LogP) is 4.22. The van der Waals surface area contributed by atoms with E-state index in [9.17, 15) is 21.6 Å². The van der Waals surface area contributed by atoms with Crippen molar-refractivity contribution in [1.82, 2.24) is 9.83 Å². The summed E-state index contributed by atoms with van der Waals surface area (Å²) in [7, 11) is -8.19. The van der Waals surface area contributed by atoms with E-state index in [1.54, 1.807) is 44.2 Å². The molecule has 0 unspecified atom stereocenters. The van der Waals surface area contributed by atoms with Crippen molar-refractivity contribution in [2.24, 2.45) is 5.10 Å². The number of fused-ring (bicyclic) bond motifs is 3. The molecular weight excluding hydrogens is 498 g/mol. The average Bonchev–Trinajstić information content (AvgIpc) is 3.22. The molecule has 0 atom stereocenters. The highest BCUT2D eigenvalue weighted by atomic mass is 32.2. The molecule has 0 bridgehead atoms. The monoisotopic (exact) mass is 525 g/mol. The van der Waals surface area contributed by atoms with E-state index in [0.29, 0.717) is 11.8 Å². The molecule has 0 aliphatic carbocycles. The largest absolute Gasteiger partial charge is 0.309 e. The van der Waals surface area contributed by atoms with Crippen LogP contribution >= 0.6 is 0 Å². The summed E-state index contributed by atoms with van der Waals surface area (Å²) < 4.78 is 55.5. The fourth-order valence-electron chi connectivity index (χ4n) is 4.25. The van der Waals surface area contributed by atoms with Gasteiger partial charge in [0.2, 0.25) is 0 Å². The number of sulfone groups is 2. The summed E-state index contributed by atoms with van der Waals surface area (Å²) in [5, 5.41) is 5.24. The molecule has 4 rings (SSSR count). The maximum Gasteiger partial charge on any atom is 0.289 e. The zero-order chi connectivity index (χ0) is 25.9. The van der Waals surface area contributed by atoms with Crippen molar-refractivity contribution in [1.29, 1.82) is 0 Å². The number of nitrogens with zero attached hydrogens (tertiary/aromatic N) is 2. The smallest absolute Gasteiger partial charge is 0.289 e. The Balaban J connectivity index is 2.05. The minimum atomic E-state index is -4.14. The van der Waals surface area contributed by atoms with Crippen molar-refractivity contribution in [2.75, 3.05) is 11.5 Å². The minimum Gasteiger partial charge on any atom is -0.309 e. The Bertz CT molecular complexity index is 1670. The van der Waals surface area contributed by atoms with Gasteiger partial charge in [-0.3, -0.25) is 4.79 Å². The van der Waals surface area contributed by atoms with Gasteiger partial charge in [0, 0.05) is 11.6 Å². The molecule has 4 aromatic rings. The highest BCUT2D eigenvalue weighted by Crippen LogP contribution is 2.37. The second kappa shape index (κ2) is 10.2. The number of amides is 1. The van der Waals surface area contributed by atoms with E-state index in [-0.39, 0.29) is 34.0 Å². The normalized spacial score (nSPS) is 12.5. The van der Waals surface area contributed by atoms with Crippen LogP contribution in [0.15, 0.2) is 81.8 Å². The Hall–Kier alpha value is -3.50. The van der Waals surface area contributed by atoms with E-state index < -0.39 is 30.5 Å². The van der Waals surface area contributed by atoms with Crippen LogP contribution in [0, 0.1) is 0 Å². The Morgan fingerprint density at radius 3 is 2.14 bits per heavy atom. The van der Waals surface area contributed by atoms with Crippen molar-refractivity contribution < 1.29 is 21.6 Å². The lowest BCUT2D eigenvalue weighted by molar-refractivity contribution is 0.0945. The summed E-state index contributed by atoms with van der Waals surface area (Å²) >= 11 is 0. The number of carbonyl (C=O) groups is 1. The number of nitrogens with one attached hydrogen (secondary N) is 1. The molecule has 1 amide bonds. The lowest BCUT2D eigenvalue weighted by Crippen LogP contribution is -2.23. The van der Waals surface area contributed by atoms with Crippen molar-refractivity contribution in [3.05, 3.63) is 78.1 Å². The highest BCUT2D eigenvalue weighted by molar-refractivity contribution is 7.94. The molecule has 1 N–H and O–H groups in total. The molecule has 2 aromatic heterocycles. The van der Waals surface area contributed by atoms with Crippen LogP contribution < -0.4 is 5.43 Å². The third-order valence-electron chi connectivity index (χ3n) is 5.70. The maximum atomic E-state index is 13.6. The lowest BCUT2D eigenvalue weighted by Gasteiger charge is -2.09. The van der Waals surface area contributed by atoms with Gasteiger partial charge in [0.1, 0.15) is 15.5 Å². The third kappa shape index (κ3) is 4.78. The zero-order valence-electron chi connectivity index (χ0n) is 20.0. The molecule has 0 fully saturated rings. The van der Waals surface area contributed by atoms with Gasteiger partial charge in [-0.05, 0) is 29.9 Å². The number of hydrogen-bond acceptors (Lipinski definition) is 6. The first-order valence-electron chi connectivity index (χ1n) is 11.6. The van der Waals surface area contributed by atoms with Crippen molar-refractivity contribution in [3.63, 3.8) is 0 Å². The van der Waals surface area contributed by atoms with Gasteiger partial charge in [-0.15, -0.1) is 0 Å². The molecule has 0 aliphatic rings. The Kier molecular flexibility index (Phi) is 7.28. The van der Waals surface area contributed by atoms with Crippen LogP contribution in [0.2, 0.25) is 0 Å². The maximum absolute atomic E-state index is 13.6. The van der Waals surface area contributed by atoms with Gasteiger partial charge in [0.05, 0.1) is 23.2 Å². The number of pyridine rings is 1. The molecule has 0 saturated heterocycles. The second-order valence-electron chi connectivity index (χ2n) is 8.38. The SMILES string of the molecule is CCCS(=O)(=O)c1c(S(=O)(=O)CCC)c2c3ccccc3ccn2c1C(=O)N/N=C/c1ccccc1. The summed E-state index contributed by atoms with van der Waals surface area (Å²) in [6, 6.07) is 17.9. The van der Waals surface area contributed by atoms with Gasteiger partial charge < -0.3 is 4.40 Å². The second-order valence-corrected chi connectivity index (χ2v) is 12.5. The topological polar surface area (TPSA) is 114 Å². The number of aromatic nitrogens is 1. The Labute approximate surface area is 210 Å². The highest BCUT2D eigenvalue weighted by Gasteiger charge is 2.37. The molecule has 0 spiro atoms. The lowest BCUT2D eigenvalue weighted by atomic mass is 10.1. The van der Waals surface area contributed by atoms with Crippen LogP contribution in [0.3, 0.4) is 0 Å². The van der Waals surface area contributed by atoms with Crippen LogP contribution in [0.25, 0.3) is 16.3 Å². The minimum absolute atomic E-state index is 0.174. The van der Waals surface area contributed by atoms with Gasteiger partial charge >= 0.3 is 0 Å². The molecule has 0 aliphatic heterocycles. The molecule has 0 radical (unpaired) electrons. The van der Waals surface area contributed by atoms with Crippen LogP contribution in [-0.2, 0) is 19.7 Å². The number of hydrogen-bond donors (Lipinski definition) is 1. The summed E-state index contributed by atoms with van der Waals surface area (Å²) in [5.41, 5.74) is 3.02. The molecule has 188 valence electrons. The molecule has 8 nitrogen and oxygen atoms in total. The first kappa shape index (κ1) is 25.6. The first-order chi connectivity index (χ1) is 17.2. The Morgan fingerprint density at radius 2 is 1.47 bits per heavy atom. The van der Waals surface area contributed by atoms with Gasteiger partial charge in [-0.25, -0.2) is 22.3 Å². The molecular formula is C26H27N3O5S2. The van der Waals surface area contributed by atoms with E-state index >= 15 is 0 Å². The van der Waals surface area contributed by atoms with E-state index in [1.807, 2.05) is 30.3 Å². The van der Waals surface area contributed by atoms with E-state index in [1.165, 1.54) is 16.8 Å². The molecule has 2 heterocycles. The summed E-state index contributed by atoms with van der Waals surface area (Å²) in [5.74, 6) is -1.37. The van der Waals surface area contributed by atoms with Crippen LogP contribution in [0.5, 0.6) is 0 Å². The predicted molar refractivity (Wildman–Crippen MR) is 141 cm³/mol. The van der Waals surface area contributed by atoms with Crippen molar-refractivity contribution >= 4 is 48.1 Å². The van der Waals surface area contributed by atoms with Gasteiger partial charge in [0.25, 0.3) is 5.91 Å². The van der Waals surface area contributed by atoms with Gasteiger partial charge in [-0.2, -0.15) is 5.10 Å². The van der Waals surface area contributed by atoms with E-state index in [4.69, 9.17) is 0 Å². The van der Waals surface area contributed by atoms with Gasteiger partial charge in [-0.1, -0.05) is 68.4 Å². The van der Waals surface area contributed by atoms with Crippen LogP contribution in [0.1, 0.15) is 42.7 Å². The fourth-order valence-corrected chi connectivity index (χ4v) is 8.24. The quantitative estimate of drug-likeness (QED) is 0.260. The zero-order valence-corrected chi connectivity index (χ0v) is 21.6. The summed E-state index contributed by atoms with van der Waals surface area (Å²) in [6.07, 6.45) is 3.51. The van der Waals surface area contributed by atoms with Crippen LogP contribution in [-0.4, -0.2) is 44.9 Å². The van der Waals surface area contributed by atoms with Gasteiger partial charge in [0.15, 0.2) is 19.7 Å². The average molecular weight is 526 g/mol. The number of rotatable bonds is 9. The Morgan fingerprint density at radius 1 is 0.861 bits per heavy atom. The standard InChI is InChI=1S/C26H27N3O5S2/c1-3-16-35(31,32)24-22-21-13-9-8-12-20(21)14-15-29(22)23(25(24)36(33,34)17-4-2)26(30)28-27-18-19-10-6-5-7-11-19/h5-15,18H,3-4,16-17H2,1-2H3,(H,28,30)/b27-18+. The van der Waals surface area contributed by atoms with E-state index in [0.717, 1.165) is 10.9 Å². The number of hydrazone groups is 1. The van der Waals surface area contributed by atoms with Crippen molar-refractivity contribution in [3.8, 4) is 0 Å². The number of benzene rings is 2.